The van der Waals surface area contributed by atoms with Crippen molar-refractivity contribution in [1.82, 2.24) is 0 Å². The third-order valence-corrected chi connectivity index (χ3v) is 3.56. The van der Waals surface area contributed by atoms with E-state index < -0.39 is 0 Å². The highest BCUT2D eigenvalue weighted by atomic mass is 35.5. The van der Waals surface area contributed by atoms with E-state index in [1.807, 2.05) is 18.2 Å². The van der Waals surface area contributed by atoms with Gasteiger partial charge in [-0.05, 0) is 43.5 Å². The molecule has 0 N–H and O–H groups in total. The van der Waals surface area contributed by atoms with Gasteiger partial charge in [-0.25, -0.2) is 0 Å². The normalized spacial score (nSPS) is 12.2. The minimum atomic E-state index is -0.00861. The molecule has 2 rings (SSSR count). The van der Waals surface area contributed by atoms with Crippen LogP contribution in [0.15, 0.2) is 42.5 Å². The number of hydrogen-bond acceptors (Lipinski definition) is 1. The first kappa shape index (κ1) is 14.0. The molecule has 1 atom stereocenters. The van der Waals surface area contributed by atoms with Crippen LogP contribution in [0.3, 0.4) is 0 Å². The Morgan fingerprint density at radius 2 is 1.74 bits per heavy atom. The summed E-state index contributed by atoms with van der Waals surface area (Å²) in [4.78, 5) is 0. The van der Waals surface area contributed by atoms with E-state index in [9.17, 15) is 0 Å². The molecule has 2 heteroatoms. The summed E-state index contributed by atoms with van der Waals surface area (Å²) in [5, 5.41) is -0.00861. The highest BCUT2D eigenvalue weighted by molar-refractivity contribution is 6.20. The molecule has 2 aromatic carbocycles. The maximum Gasteiger partial charge on any atom is 0.119 e. The average Bonchev–Trinajstić information content (AvgIpc) is 2.37. The van der Waals surface area contributed by atoms with Crippen LogP contribution in [0.2, 0.25) is 0 Å². The minimum Gasteiger partial charge on any atom is -0.497 e. The van der Waals surface area contributed by atoms with Crippen molar-refractivity contribution in [2.24, 2.45) is 0 Å². The quantitative estimate of drug-likeness (QED) is 0.725. The van der Waals surface area contributed by atoms with Crippen molar-refractivity contribution in [1.29, 1.82) is 0 Å². The fourth-order valence-corrected chi connectivity index (χ4v) is 2.62. The summed E-state index contributed by atoms with van der Waals surface area (Å²) in [5.41, 5.74) is 4.89. The summed E-state index contributed by atoms with van der Waals surface area (Å²) in [6.45, 7) is 4.21. The molecule has 0 aliphatic carbocycles. The van der Waals surface area contributed by atoms with Crippen LogP contribution in [0, 0.1) is 13.8 Å². The molecule has 0 saturated heterocycles. The Morgan fingerprint density at radius 3 is 2.37 bits per heavy atom. The third kappa shape index (κ3) is 3.74. The second-order valence-electron chi connectivity index (χ2n) is 4.94. The van der Waals surface area contributed by atoms with Crippen molar-refractivity contribution in [3.05, 3.63) is 64.7 Å². The first-order valence-electron chi connectivity index (χ1n) is 6.43. The molecule has 100 valence electrons. The highest BCUT2D eigenvalue weighted by Crippen LogP contribution is 2.27. The second-order valence-corrected chi connectivity index (χ2v) is 5.47. The lowest BCUT2D eigenvalue weighted by atomic mass is 10.00. The van der Waals surface area contributed by atoms with Crippen LogP contribution in [0.25, 0.3) is 0 Å². The monoisotopic (exact) mass is 274 g/mol. The van der Waals surface area contributed by atoms with Crippen LogP contribution in [0.5, 0.6) is 5.75 Å². The summed E-state index contributed by atoms with van der Waals surface area (Å²) >= 11 is 6.54. The number of halogens is 1. The second kappa shape index (κ2) is 6.12. The van der Waals surface area contributed by atoms with Crippen LogP contribution < -0.4 is 4.74 Å². The van der Waals surface area contributed by atoms with Gasteiger partial charge >= 0.3 is 0 Å². The lowest BCUT2D eigenvalue weighted by Gasteiger charge is -2.12. The smallest absolute Gasteiger partial charge is 0.119 e. The number of aryl methyl sites for hydroxylation is 2. The summed E-state index contributed by atoms with van der Waals surface area (Å²) in [7, 11) is 1.68. The van der Waals surface area contributed by atoms with Gasteiger partial charge in [0.25, 0.3) is 0 Å². The highest BCUT2D eigenvalue weighted by Gasteiger charge is 2.10. The summed E-state index contributed by atoms with van der Waals surface area (Å²) < 4.78 is 5.24. The molecule has 0 aliphatic rings. The molecule has 0 radical (unpaired) electrons. The van der Waals surface area contributed by atoms with Gasteiger partial charge in [-0.3, -0.25) is 0 Å². The van der Waals surface area contributed by atoms with Gasteiger partial charge in [0.2, 0.25) is 0 Å². The summed E-state index contributed by atoms with van der Waals surface area (Å²) in [5.74, 6) is 0.877. The third-order valence-electron chi connectivity index (χ3n) is 3.15. The number of methoxy groups -OCH3 is 1. The molecule has 0 fully saturated rings. The standard InChI is InChI=1S/C17H19ClO/c1-12-7-13(2)9-15(8-12)17(18)11-14-5-4-6-16(10-14)19-3/h4-10,17H,11H2,1-3H3. The van der Waals surface area contributed by atoms with Gasteiger partial charge in [0.1, 0.15) is 5.75 Å². The topological polar surface area (TPSA) is 9.23 Å². The molecular formula is C17H19ClO. The Labute approximate surface area is 120 Å². The van der Waals surface area contributed by atoms with Crippen molar-refractivity contribution in [3.8, 4) is 5.75 Å². The van der Waals surface area contributed by atoms with Crippen LogP contribution in [0.1, 0.15) is 27.6 Å². The van der Waals surface area contributed by atoms with Crippen LogP contribution in [-0.4, -0.2) is 7.11 Å². The molecule has 0 saturated carbocycles. The van der Waals surface area contributed by atoms with Crippen LogP contribution in [0.4, 0.5) is 0 Å². The van der Waals surface area contributed by atoms with E-state index in [1.165, 1.54) is 22.3 Å². The predicted molar refractivity (Wildman–Crippen MR) is 81.2 cm³/mol. The van der Waals surface area contributed by atoms with E-state index in [1.54, 1.807) is 7.11 Å². The molecule has 2 aromatic rings. The van der Waals surface area contributed by atoms with E-state index in [0.29, 0.717) is 0 Å². The predicted octanol–water partition coefficient (Wildman–Crippen LogP) is 4.83. The maximum absolute atomic E-state index is 6.54. The minimum absolute atomic E-state index is 0.00861. The molecule has 0 amide bonds. The molecule has 1 nitrogen and oxygen atoms in total. The Morgan fingerprint density at radius 1 is 1.05 bits per heavy atom. The van der Waals surface area contributed by atoms with Gasteiger partial charge in [0, 0.05) is 0 Å². The Balaban J connectivity index is 2.17. The van der Waals surface area contributed by atoms with E-state index in [-0.39, 0.29) is 5.38 Å². The van der Waals surface area contributed by atoms with E-state index in [4.69, 9.17) is 16.3 Å². The molecule has 0 bridgehead atoms. The van der Waals surface area contributed by atoms with Gasteiger partial charge in [0.15, 0.2) is 0 Å². The van der Waals surface area contributed by atoms with E-state index in [0.717, 1.165) is 12.2 Å². The number of ether oxygens (including phenoxy) is 1. The fraction of sp³-hybridized carbons (Fsp3) is 0.294. The Hall–Kier alpha value is -1.47. The molecule has 1 unspecified atom stereocenters. The number of benzene rings is 2. The Kier molecular flexibility index (Phi) is 4.49. The van der Waals surface area contributed by atoms with Crippen molar-refractivity contribution >= 4 is 11.6 Å². The van der Waals surface area contributed by atoms with Crippen molar-refractivity contribution in [2.75, 3.05) is 7.11 Å². The lowest BCUT2D eigenvalue weighted by molar-refractivity contribution is 0.414. The van der Waals surface area contributed by atoms with Gasteiger partial charge in [-0.15, -0.1) is 11.6 Å². The molecule has 0 heterocycles. The summed E-state index contributed by atoms with van der Waals surface area (Å²) in [6, 6.07) is 14.6. The van der Waals surface area contributed by atoms with Crippen LogP contribution in [-0.2, 0) is 6.42 Å². The number of alkyl halides is 1. The van der Waals surface area contributed by atoms with Crippen molar-refractivity contribution in [3.63, 3.8) is 0 Å². The average molecular weight is 275 g/mol. The van der Waals surface area contributed by atoms with Gasteiger partial charge in [0.05, 0.1) is 12.5 Å². The van der Waals surface area contributed by atoms with E-state index in [2.05, 4.69) is 38.1 Å². The zero-order valence-corrected chi connectivity index (χ0v) is 12.4. The van der Waals surface area contributed by atoms with Gasteiger partial charge < -0.3 is 4.74 Å². The number of rotatable bonds is 4. The van der Waals surface area contributed by atoms with Gasteiger partial charge in [-0.2, -0.15) is 0 Å². The SMILES string of the molecule is COc1cccc(CC(Cl)c2cc(C)cc(C)c2)c1. The fourth-order valence-electron chi connectivity index (χ4n) is 2.31. The Bertz CT molecular complexity index is 543. The molecule has 0 spiro atoms. The number of hydrogen-bond donors (Lipinski definition) is 0. The van der Waals surface area contributed by atoms with Crippen molar-refractivity contribution < 1.29 is 4.74 Å². The molecule has 0 aromatic heterocycles. The maximum atomic E-state index is 6.54. The van der Waals surface area contributed by atoms with Crippen molar-refractivity contribution in [2.45, 2.75) is 25.6 Å². The van der Waals surface area contributed by atoms with Gasteiger partial charge in [-0.1, -0.05) is 41.5 Å². The molecular weight excluding hydrogens is 256 g/mol. The summed E-state index contributed by atoms with van der Waals surface area (Å²) in [6.07, 6.45) is 0.807. The zero-order chi connectivity index (χ0) is 13.8. The largest absolute Gasteiger partial charge is 0.497 e. The van der Waals surface area contributed by atoms with E-state index >= 15 is 0 Å². The zero-order valence-electron chi connectivity index (χ0n) is 11.6. The first-order chi connectivity index (χ1) is 9.08. The van der Waals surface area contributed by atoms with Crippen LogP contribution >= 0.6 is 11.6 Å². The lowest BCUT2D eigenvalue weighted by Crippen LogP contribution is -1.97. The first-order valence-corrected chi connectivity index (χ1v) is 6.87. The molecule has 0 aliphatic heterocycles. The molecule has 19 heavy (non-hydrogen) atoms.